The molecule has 2 amide bonds. The number of piperidine rings is 2. The number of carbonyl (C=O) groups excluding carboxylic acids is 2. The number of likely N-dealkylation sites (tertiary alicyclic amines) is 2. The summed E-state index contributed by atoms with van der Waals surface area (Å²) in [6, 6.07) is 6.43. The molecule has 2 atom stereocenters. The van der Waals surface area contributed by atoms with Crippen molar-refractivity contribution in [3.63, 3.8) is 0 Å². The lowest BCUT2D eigenvalue weighted by atomic mass is 9.83. The van der Waals surface area contributed by atoms with Crippen LogP contribution in [0.1, 0.15) is 42.5 Å². The lowest BCUT2D eigenvalue weighted by Crippen LogP contribution is -2.57. The van der Waals surface area contributed by atoms with Crippen LogP contribution in [0.25, 0.3) is 0 Å². The lowest BCUT2D eigenvalue weighted by Gasteiger charge is -2.47. The molecule has 3 fully saturated rings. The molecular formula is C19H23FN2O2. The van der Waals surface area contributed by atoms with Crippen molar-refractivity contribution in [3.05, 3.63) is 35.6 Å². The molecule has 0 aromatic heterocycles. The predicted octanol–water partition coefficient (Wildman–Crippen LogP) is 2.69. The molecule has 0 N–H and O–H groups in total. The van der Waals surface area contributed by atoms with Crippen LogP contribution in [-0.4, -0.2) is 47.3 Å². The molecule has 5 heteroatoms. The summed E-state index contributed by atoms with van der Waals surface area (Å²) in [6.45, 7) is 2.09. The Morgan fingerprint density at radius 2 is 1.83 bits per heavy atom. The maximum Gasteiger partial charge on any atom is 0.256 e. The minimum atomic E-state index is -0.459. The molecule has 2 saturated heterocycles. The van der Waals surface area contributed by atoms with Gasteiger partial charge >= 0.3 is 0 Å². The zero-order valence-corrected chi connectivity index (χ0v) is 13.8. The van der Waals surface area contributed by atoms with Crippen LogP contribution in [0.2, 0.25) is 0 Å². The van der Waals surface area contributed by atoms with Gasteiger partial charge in [-0.25, -0.2) is 4.39 Å². The van der Waals surface area contributed by atoms with Gasteiger partial charge in [0.15, 0.2) is 0 Å². The maximum atomic E-state index is 13.9. The molecular weight excluding hydrogens is 307 g/mol. The first-order valence-corrected chi connectivity index (χ1v) is 8.99. The summed E-state index contributed by atoms with van der Waals surface area (Å²) in [5.41, 5.74) is 0.151. The van der Waals surface area contributed by atoms with Crippen molar-refractivity contribution < 1.29 is 14.0 Å². The van der Waals surface area contributed by atoms with E-state index in [1.807, 2.05) is 0 Å². The SMILES string of the molecule is O=C(c1ccccc1F)N1CC[C@H]2[C@H](CCCN2C(=O)C2CC2)C1. The second-order valence-electron chi connectivity index (χ2n) is 7.30. The van der Waals surface area contributed by atoms with Gasteiger partial charge in [0.05, 0.1) is 5.56 Å². The molecule has 0 bridgehead atoms. The Kier molecular flexibility index (Phi) is 4.02. The molecule has 4 rings (SSSR count). The monoisotopic (exact) mass is 330 g/mol. The third-order valence-electron chi connectivity index (χ3n) is 5.67. The number of rotatable bonds is 2. The molecule has 1 aliphatic carbocycles. The summed E-state index contributed by atoms with van der Waals surface area (Å²) < 4.78 is 13.9. The van der Waals surface area contributed by atoms with Gasteiger partial charge in [0.25, 0.3) is 5.91 Å². The van der Waals surface area contributed by atoms with Crippen LogP contribution < -0.4 is 0 Å². The summed E-state index contributed by atoms with van der Waals surface area (Å²) in [5.74, 6) is 0.210. The zero-order chi connectivity index (χ0) is 16.7. The summed E-state index contributed by atoms with van der Waals surface area (Å²) >= 11 is 0. The largest absolute Gasteiger partial charge is 0.339 e. The quantitative estimate of drug-likeness (QED) is 0.836. The second-order valence-corrected chi connectivity index (χ2v) is 7.30. The second kappa shape index (κ2) is 6.19. The van der Waals surface area contributed by atoms with E-state index in [0.717, 1.165) is 38.6 Å². The highest BCUT2D eigenvalue weighted by atomic mass is 19.1. The Morgan fingerprint density at radius 3 is 2.58 bits per heavy atom. The number of hydrogen-bond acceptors (Lipinski definition) is 2. The molecule has 3 aliphatic rings. The van der Waals surface area contributed by atoms with E-state index in [1.165, 1.54) is 6.07 Å². The van der Waals surface area contributed by atoms with Crippen LogP contribution in [0, 0.1) is 17.7 Å². The molecule has 0 radical (unpaired) electrons. The maximum absolute atomic E-state index is 13.9. The Hall–Kier alpha value is -1.91. The van der Waals surface area contributed by atoms with Crippen molar-refractivity contribution in [2.75, 3.05) is 19.6 Å². The number of fused-ring (bicyclic) bond motifs is 1. The van der Waals surface area contributed by atoms with Gasteiger partial charge in [-0.2, -0.15) is 0 Å². The van der Waals surface area contributed by atoms with E-state index in [0.29, 0.717) is 24.9 Å². The van der Waals surface area contributed by atoms with E-state index < -0.39 is 5.82 Å². The first-order chi connectivity index (χ1) is 11.6. The van der Waals surface area contributed by atoms with Crippen LogP contribution in [-0.2, 0) is 4.79 Å². The number of benzene rings is 1. The molecule has 0 unspecified atom stereocenters. The van der Waals surface area contributed by atoms with E-state index in [4.69, 9.17) is 0 Å². The Labute approximate surface area is 141 Å². The van der Waals surface area contributed by atoms with Crippen LogP contribution in [0.5, 0.6) is 0 Å². The van der Waals surface area contributed by atoms with E-state index in [9.17, 15) is 14.0 Å². The molecule has 24 heavy (non-hydrogen) atoms. The molecule has 4 nitrogen and oxygen atoms in total. The smallest absolute Gasteiger partial charge is 0.256 e. The summed E-state index contributed by atoms with van der Waals surface area (Å²) in [5, 5.41) is 0. The molecule has 1 aromatic carbocycles. The molecule has 0 spiro atoms. The standard InChI is InChI=1S/C19H23FN2O2/c20-16-6-2-1-5-15(16)19(24)21-11-9-17-14(12-21)4-3-10-22(17)18(23)13-7-8-13/h1-2,5-6,13-14,17H,3-4,7-12H2/t14-,17+/m1/s1. The highest BCUT2D eigenvalue weighted by molar-refractivity contribution is 5.94. The fourth-order valence-corrected chi connectivity index (χ4v) is 4.23. The Bertz CT molecular complexity index is 659. The van der Waals surface area contributed by atoms with Gasteiger partial charge in [0.2, 0.25) is 5.91 Å². The summed E-state index contributed by atoms with van der Waals surface area (Å²) in [4.78, 5) is 29.0. The first-order valence-electron chi connectivity index (χ1n) is 8.99. The predicted molar refractivity (Wildman–Crippen MR) is 87.9 cm³/mol. The number of carbonyl (C=O) groups is 2. The van der Waals surface area contributed by atoms with Gasteiger partial charge in [-0.05, 0) is 50.2 Å². The zero-order valence-electron chi connectivity index (χ0n) is 13.8. The number of nitrogens with zero attached hydrogens (tertiary/aromatic N) is 2. The average molecular weight is 330 g/mol. The molecule has 2 aliphatic heterocycles. The normalized spacial score (nSPS) is 26.9. The van der Waals surface area contributed by atoms with E-state index in [2.05, 4.69) is 4.90 Å². The van der Waals surface area contributed by atoms with Crippen molar-refractivity contribution in [2.45, 2.75) is 38.1 Å². The highest BCUT2D eigenvalue weighted by Crippen LogP contribution is 2.37. The molecule has 128 valence electrons. The fourth-order valence-electron chi connectivity index (χ4n) is 4.23. The molecule has 2 heterocycles. The number of amides is 2. The van der Waals surface area contributed by atoms with Crippen LogP contribution in [0.4, 0.5) is 4.39 Å². The van der Waals surface area contributed by atoms with Crippen molar-refractivity contribution in [1.29, 1.82) is 0 Å². The Balaban J connectivity index is 1.47. The number of halogens is 1. The lowest BCUT2D eigenvalue weighted by molar-refractivity contribution is -0.139. The third kappa shape index (κ3) is 2.80. The van der Waals surface area contributed by atoms with E-state index in [1.54, 1.807) is 23.1 Å². The topological polar surface area (TPSA) is 40.6 Å². The fraction of sp³-hybridized carbons (Fsp3) is 0.579. The van der Waals surface area contributed by atoms with Crippen LogP contribution >= 0.6 is 0 Å². The van der Waals surface area contributed by atoms with Gasteiger partial charge < -0.3 is 9.80 Å². The highest BCUT2D eigenvalue weighted by Gasteiger charge is 2.43. The molecule has 1 saturated carbocycles. The average Bonchev–Trinajstić information content (AvgIpc) is 3.45. The summed E-state index contributed by atoms with van der Waals surface area (Å²) in [6.07, 6.45) is 4.92. The van der Waals surface area contributed by atoms with E-state index >= 15 is 0 Å². The van der Waals surface area contributed by atoms with Crippen LogP contribution in [0.15, 0.2) is 24.3 Å². The van der Waals surface area contributed by atoms with Crippen molar-refractivity contribution in [3.8, 4) is 0 Å². The van der Waals surface area contributed by atoms with E-state index in [-0.39, 0.29) is 23.4 Å². The van der Waals surface area contributed by atoms with Crippen molar-refractivity contribution >= 4 is 11.8 Å². The first kappa shape index (κ1) is 15.6. The van der Waals surface area contributed by atoms with Gasteiger partial charge in [-0.3, -0.25) is 9.59 Å². The van der Waals surface area contributed by atoms with Gasteiger partial charge in [0, 0.05) is 31.6 Å². The van der Waals surface area contributed by atoms with Gasteiger partial charge in [0.1, 0.15) is 5.82 Å². The summed E-state index contributed by atoms with van der Waals surface area (Å²) in [7, 11) is 0. The van der Waals surface area contributed by atoms with Gasteiger partial charge in [-0.1, -0.05) is 12.1 Å². The number of hydrogen-bond donors (Lipinski definition) is 0. The minimum absolute atomic E-state index is 0.151. The van der Waals surface area contributed by atoms with Crippen molar-refractivity contribution in [2.24, 2.45) is 11.8 Å². The van der Waals surface area contributed by atoms with Crippen LogP contribution in [0.3, 0.4) is 0 Å². The molecule has 1 aromatic rings. The minimum Gasteiger partial charge on any atom is -0.339 e. The van der Waals surface area contributed by atoms with Crippen molar-refractivity contribution in [1.82, 2.24) is 9.80 Å². The Morgan fingerprint density at radius 1 is 1.04 bits per heavy atom. The van der Waals surface area contributed by atoms with Gasteiger partial charge in [-0.15, -0.1) is 0 Å². The third-order valence-corrected chi connectivity index (χ3v) is 5.67.